The lowest BCUT2D eigenvalue weighted by Gasteiger charge is -2.34. The predicted molar refractivity (Wildman–Crippen MR) is 91.6 cm³/mol. The Kier molecular flexibility index (Phi) is 6.31. The summed E-state index contributed by atoms with van der Waals surface area (Å²) in [5.41, 5.74) is 0.805. The number of carbonyl (C=O) groups is 1. The van der Waals surface area contributed by atoms with Gasteiger partial charge < -0.3 is 15.1 Å². The zero-order valence-corrected chi connectivity index (χ0v) is 14.6. The number of phenols is 1. The Morgan fingerprint density at radius 2 is 2.00 bits per heavy atom. The first-order valence-corrected chi connectivity index (χ1v) is 8.68. The number of carbonyl (C=O) groups excluding carboxylic acids is 1. The summed E-state index contributed by atoms with van der Waals surface area (Å²) in [6, 6.07) is 4.87. The minimum atomic E-state index is -0.261. The van der Waals surface area contributed by atoms with Crippen LogP contribution in [0.15, 0.2) is 18.2 Å². The molecule has 1 saturated heterocycles. The molecule has 23 heavy (non-hydrogen) atoms. The van der Waals surface area contributed by atoms with Gasteiger partial charge >= 0.3 is 0 Å². The summed E-state index contributed by atoms with van der Waals surface area (Å²) in [6.45, 7) is 5.63. The van der Waals surface area contributed by atoms with Crippen LogP contribution >= 0.6 is 11.6 Å². The molecule has 5 heteroatoms. The van der Waals surface area contributed by atoms with Crippen LogP contribution in [0, 0.1) is 11.8 Å². The highest BCUT2D eigenvalue weighted by Gasteiger charge is 2.27. The van der Waals surface area contributed by atoms with Crippen molar-refractivity contribution in [1.82, 2.24) is 4.90 Å². The molecule has 0 spiro atoms. The van der Waals surface area contributed by atoms with Crippen molar-refractivity contribution >= 4 is 17.5 Å². The van der Waals surface area contributed by atoms with Crippen molar-refractivity contribution in [2.75, 3.05) is 13.1 Å². The van der Waals surface area contributed by atoms with E-state index in [4.69, 9.17) is 11.6 Å². The first-order valence-electron chi connectivity index (χ1n) is 8.30. The molecule has 1 unspecified atom stereocenters. The van der Waals surface area contributed by atoms with Crippen molar-refractivity contribution in [3.05, 3.63) is 28.8 Å². The van der Waals surface area contributed by atoms with Crippen LogP contribution in [-0.4, -0.2) is 40.2 Å². The average molecular weight is 340 g/mol. The number of hydrogen-bond acceptors (Lipinski definition) is 3. The van der Waals surface area contributed by atoms with Crippen LogP contribution in [0.3, 0.4) is 0 Å². The van der Waals surface area contributed by atoms with Crippen molar-refractivity contribution < 1.29 is 15.0 Å². The summed E-state index contributed by atoms with van der Waals surface area (Å²) in [6.07, 6.45) is 2.57. The minimum absolute atomic E-state index is 0.0304. The number of halogens is 1. The zero-order valence-electron chi connectivity index (χ0n) is 13.8. The molecule has 2 rings (SSSR count). The number of piperidine rings is 1. The molecule has 1 atom stereocenters. The van der Waals surface area contributed by atoms with Gasteiger partial charge in [-0.15, -0.1) is 0 Å². The summed E-state index contributed by atoms with van der Waals surface area (Å²) < 4.78 is 0. The van der Waals surface area contributed by atoms with E-state index in [2.05, 4.69) is 13.8 Å². The molecule has 1 heterocycles. The van der Waals surface area contributed by atoms with E-state index in [0.29, 0.717) is 31.3 Å². The van der Waals surface area contributed by atoms with Crippen molar-refractivity contribution in [3.8, 4) is 5.75 Å². The quantitative estimate of drug-likeness (QED) is 0.865. The molecule has 0 radical (unpaired) electrons. The number of aliphatic hydroxyl groups excluding tert-OH is 1. The molecule has 1 aromatic carbocycles. The van der Waals surface area contributed by atoms with Gasteiger partial charge in [0.2, 0.25) is 5.91 Å². The second-order valence-electron chi connectivity index (χ2n) is 6.88. The second kappa shape index (κ2) is 8.02. The Bertz CT molecular complexity index is 539. The smallest absolute Gasteiger partial charge is 0.226 e. The highest BCUT2D eigenvalue weighted by Crippen LogP contribution is 2.26. The summed E-state index contributed by atoms with van der Waals surface area (Å²) in [5.74, 6) is 0.889. The average Bonchev–Trinajstić information content (AvgIpc) is 2.50. The number of rotatable bonds is 5. The fraction of sp³-hybridized carbons (Fsp3) is 0.611. The number of benzene rings is 1. The lowest BCUT2D eigenvalue weighted by atomic mass is 9.87. The summed E-state index contributed by atoms with van der Waals surface area (Å²) >= 11 is 5.88. The maximum absolute atomic E-state index is 12.4. The number of nitrogens with zero attached hydrogens (tertiary/aromatic N) is 1. The van der Waals surface area contributed by atoms with Gasteiger partial charge in [0.05, 0.1) is 17.5 Å². The second-order valence-corrected chi connectivity index (χ2v) is 7.28. The lowest BCUT2D eigenvalue weighted by Crippen LogP contribution is -2.42. The number of amides is 1. The Hall–Kier alpha value is -1.26. The summed E-state index contributed by atoms with van der Waals surface area (Å²) in [5, 5.41) is 19.9. The van der Waals surface area contributed by atoms with Crippen LogP contribution in [0.5, 0.6) is 5.75 Å². The van der Waals surface area contributed by atoms with E-state index in [1.807, 2.05) is 4.90 Å². The summed E-state index contributed by atoms with van der Waals surface area (Å²) in [4.78, 5) is 14.2. The summed E-state index contributed by atoms with van der Waals surface area (Å²) in [7, 11) is 0. The maximum atomic E-state index is 12.4. The van der Waals surface area contributed by atoms with Gasteiger partial charge in [-0.2, -0.15) is 0 Å². The molecular formula is C18H26ClNO3. The molecule has 128 valence electrons. The van der Waals surface area contributed by atoms with Gasteiger partial charge in [-0.3, -0.25) is 4.79 Å². The molecule has 0 bridgehead atoms. The maximum Gasteiger partial charge on any atom is 0.226 e. The first kappa shape index (κ1) is 18.1. The van der Waals surface area contributed by atoms with Gasteiger partial charge in [0.25, 0.3) is 0 Å². The largest absolute Gasteiger partial charge is 0.506 e. The minimum Gasteiger partial charge on any atom is -0.506 e. The number of phenolic OH excluding ortho intramolecular Hbond substituents is 1. The van der Waals surface area contributed by atoms with Crippen LogP contribution in [0.4, 0.5) is 0 Å². The van der Waals surface area contributed by atoms with Crippen LogP contribution < -0.4 is 0 Å². The normalized spacial score (nSPS) is 17.5. The molecule has 0 saturated carbocycles. The highest BCUT2D eigenvalue weighted by atomic mass is 35.5. The Balaban J connectivity index is 1.84. The topological polar surface area (TPSA) is 60.8 Å². The lowest BCUT2D eigenvalue weighted by molar-refractivity contribution is -0.132. The van der Waals surface area contributed by atoms with Gasteiger partial charge in [-0.25, -0.2) is 0 Å². The molecule has 2 N–H and O–H groups in total. The van der Waals surface area contributed by atoms with Crippen molar-refractivity contribution in [2.45, 2.75) is 45.6 Å². The monoisotopic (exact) mass is 339 g/mol. The van der Waals surface area contributed by atoms with Gasteiger partial charge in [0.15, 0.2) is 0 Å². The van der Waals surface area contributed by atoms with Gasteiger partial charge in [0.1, 0.15) is 5.75 Å². The van der Waals surface area contributed by atoms with E-state index >= 15 is 0 Å². The number of hydrogen-bond donors (Lipinski definition) is 2. The Morgan fingerprint density at radius 1 is 1.35 bits per heavy atom. The third-order valence-corrected chi connectivity index (χ3v) is 4.82. The number of aromatic hydroxyl groups is 1. The first-order chi connectivity index (χ1) is 10.9. The van der Waals surface area contributed by atoms with E-state index in [9.17, 15) is 15.0 Å². The van der Waals surface area contributed by atoms with Crippen molar-refractivity contribution in [3.63, 3.8) is 0 Å². The number of likely N-dealkylation sites (tertiary alicyclic amines) is 1. The standard InChI is InChI=1S/C18H26ClNO3/c1-12(2)9-17(22)14-5-7-20(8-6-14)18(23)11-13-3-4-16(21)15(19)10-13/h3-4,10,12,14,17,21-22H,5-9,11H2,1-2H3. The van der Waals surface area contributed by atoms with Crippen LogP contribution in [0.1, 0.15) is 38.7 Å². The Morgan fingerprint density at radius 3 is 2.57 bits per heavy atom. The molecule has 4 nitrogen and oxygen atoms in total. The third-order valence-electron chi connectivity index (χ3n) is 4.52. The fourth-order valence-electron chi connectivity index (χ4n) is 3.16. The Labute approximate surface area is 143 Å². The highest BCUT2D eigenvalue weighted by molar-refractivity contribution is 6.32. The van der Waals surface area contributed by atoms with E-state index in [1.165, 1.54) is 6.07 Å². The third kappa shape index (κ3) is 5.11. The van der Waals surface area contributed by atoms with Crippen LogP contribution in [-0.2, 0) is 11.2 Å². The van der Waals surface area contributed by atoms with E-state index in [0.717, 1.165) is 24.8 Å². The van der Waals surface area contributed by atoms with E-state index < -0.39 is 0 Å². The van der Waals surface area contributed by atoms with Crippen molar-refractivity contribution in [1.29, 1.82) is 0 Å². The zero-order chi connectivity index (χ0) is 17.0. The number of aliphatic hydroxyl groups is 1. The van der Waals surface area contributed by atoms with Gasteiger partial charge in [-0.1, -0.05) is 31.5 Å². The molecule has 1 fully saturated rings. The fourth-order valence-corrected chi connectivity index (χ4v) is 3.36. The van der Waals surface area contributed by atoms with Crippen molar-refractivity contribution in [2.24, 2.45) is 11.8 Å². The van der Waals surface area contributed by atoms with Crippen LogP contribution in [0.2, 0.25) is 5.02 Å². The molecule has 1 aliphatic rings. The SMILES string of the molecule is CC(C)CC(O)C1CCN(C(=O)Cc2ccc(O)c(Cl)c2)CC1. The van der Waals surface area contributed by atoms with Gasteiger partial charge in [0, 0.05) is 13.1 Å². The molecular weight excluding hydrogens is 314 g/mol. The molecule has 1 aromatic rings. The van der Waals surface area contributed by atoms with Crippen LogP contribution in [0.25, 0.3) is 0 Å². The molecule has 0 aromatic heterocycles. The predicted octanol–water partition coefficient (Wildman–Crippen LogP) is 3.23. The van der Waals surface area contributed by atoms with E-state index in [-0.39, 0.29) is 22.8 Å². The molecule has 0 aliphatic carbocycles. The van der Waals surface area contributed by atoms with E-state index in [1.54, 1.807) is 12.1 Å². The van der Waals surface area contributed by atoms with Gasteiger partial charge in [-0.05, 0) is 48.8 Å². The molecule has 1 aliphatic heterocycles. The molecule has 1 amide bonds.